The molecular weight excluding hydrogens is 326 g/mol. The molecule has 1 heterocycles. The number of rotatable bonds is 7. The van der Waals surface area contributed by atoms with Gasteiger partial charge in [-0.2, -0.15) is 0 Å². The first-order chi connectivity index (χ1) is 11.4. The minimum atomic E-state index is -0.302. The van der Waals surface area contributed by atoms with E-state index in [4.69, 9.17) is 10.6 Å². The number of carbonyl (C=O) groups is 1. The van der Waals surface area contributed by atoms with Crippen molar-refractivity contribution in [2.45, 2.75) is 44.7 Å². The fourth-order valence-electron chi connectivity index (χ4n) is 2.18. The average Bonchev–Trinajstić information content (AvgIpc) is 2.88. The predicted octanol–water partition coefficient (Wildman–Crippen LogP) is 1.80. The predicted molar refractivity (Wildman–Crippen MR) is 94.4 cm³/mol. The van der Waals surface area contributed by atoms with Gasteiger partial charge in [0.25, 0.3) is 0 Å². The van der Waals surface area contributed by atoms with Crippen LogP contribution >= 0.6 is 11.8 Å². The summed E-state index contributed by atoms with van der Waals surface area (Å²) in [5, 5.41) is 11.1. The van der Waals surface area contributed by atoms with Gasteiger partial charge in [0.15, 0.2) is 5.82 Å². The van der Waals surface area contributed by atoms with Gasteiger partial charge in [0.05, 0.1) is 5.25 Å². The monoisotopic (exact) mass is 349 g/mol. The lowest BCUT2D eigenvalue weighted by atomic mass is 10.1. The second-order valence-electron chi connectivity index (χ2n) is 5.43. The number of amides is 1. The number of hydrogen-bond acceptors (Lipinski definition) is 6. The van der Waals surface area contributed by atoms with Crippen molar-refractivity contribution in [1.82, 2.24) is 20.2 Å². The summed E-state index contributed by atoms with van der Waals surface area (Å²) in [5.74, 6) is 7.30. The zero-order chi connectivity index (χ0) is 17.7. The molecule has 7 nitrogen and oxygen atoms in total. The molecule has 0 saturated heterocycles. The Morgan fingerprint density at radius 1 is 1.38 bits per heavy atom. The van der Waals surface area contributed by atoms with Gasteiger partial charge >= 0.3 is 0 Å². The highest BCUT2D eigenvalue weighted by molar-refractivity contribution is 8.00. The van der Waals surface area contributed by atoms with Crippen molar-refractivity contribution < 1.29 is 9.53 Å². The molecule has 1 atom stereocenters. The highest BCUT2D eigenvalue weighted by Crippen LogP contribution is 2.24. The van der Waals surface area contributed by atoms with Gasteiger partial charge in [-0.3, -0.25) is 4.79 Å². The summed E-state index contributed by atoms with van der Waals surface area (Å²) in [5.41, 5.74) is 2.11. The van der Waals surface area contributed by atoms with Crippen molar-refractivity contribution in [3.63, 3.8) is 0 Å². The van der Waals surface area contributed by atoms with Crippen LogP contribution in [-0.4, -0.2) is 32.6 Å². The van der Waals surface area contributed by atoms with Crippen molar-refractivity contribution >= 4 is 17.7 Å². The van der Waals surface area contributed by atoms with Crippen molar-refractivity contribution in [3.05, 3.63) is 35.2 Å². The lowest BCUT2D eigenvalue weighted by Crippen LogP contribution is -2.31. The van der Waals surface area contributed by atoms with Crippen molar-refractivity contribution in [2.24, 2.45) is 0 Å². The molecular formula is C16H23N5O2S. The number of benzene rings is 1. The maximum atomic E-state index is 11.8. The molecule has 0 bridgehead atoms. The second kappa shape index (κ2) is 8.05. The lowest BCUT2D eigenvalue weighted by molar-refractivity contribution is -0.120. The zero-order valence-electron chi connectivity index (χ0n) is 14.4. The smallest absolute Gasteiger partial charge is 0.233 e. The molecule has 0 saturated carbocycles. The fourth-order valence-corrected chi connectivity index (χ4v) is 2.99. The molecule has 1 aromatic carbocycles. The van der Waals surface area contributed by atoms with Crippen LogP contribution in [0.4, 0.5) is 0 Å². The van der Waals surface area contributed by atoms with Gasteiger partial charge in [0.2, 0.25) is 11.1 Å². The van der Waals surface area contributed by atoms with Gasteiger partial charge in [-0.05, 0) is 38.8 Å². The van der Waals surface area contributed by atoms with E-state index in [-0.39, 0.29) is 17.8 Å². The summed E-state index contributed by atoms with van der Waals surface area (Å²) < 4.78 is 7.22. The number of ether oxygens (including phenoxy) is 1. The average molecular weight is 349 g/mol. The molecule has 1 amide bonds. The first-order valence-electron chi connectivity index (χ1n) is 7.76. The highest BCUT2D eigenvalue weighted by Gasteiger charge is 2.19. The number of aryl methyl sites for hydroxylation is 2. The molecule has 8 heteroatoms. The Balaban J connectivity index is 2.03. The Morgan fingerprint density at radius 2 is 2.04 bits per heavy atom. The first kappa shape index (κ1) is 18.1. The number of nitrogen functional groups attached to an aromatic ring is 1. The van der Waals surface area contributed by atoms with E-state index < -0.39 is 0 Å². The molecule has 2 rings (SSSR count). The molecule has 1 aromatic heterocycles. The normalized spacial score (nSPS) is 12.0. The zero-order valence-corrected chi connectivity index (χ0v) is 15.2. The molecule has 0 aliphatic carbocycles. The molecule has 0 fully saturated rings. The van der Waals surface area contributed by atoms with E-state index in [0.29, 0.717) is 17.5 Å². The van der Waals surface area contributed by atoms with Crippen molar-refractivity contribution in [2.75, 3.05) is 12.4 Å². The van der Waals surface area contributed by atoms with E-state index in [2.05, 4.69) is 15.5 Å². The summed E-state index contributed by atoms with van der Waals surface area (Å²) in [6.45, 7) is 8.47. The van der Waals surface area contributed by atoms with E-state index in [1.54, 1.807) is 6.92 Å². The van der Waals surface area contributed by atoms with E-state index >= 15 is 0 Å². The Kier molecular flexibility index (Phi) is 6.08. The molecule has 130 valence electrons. The van der Waals surface area contributed by atoms with Gasteiger partial charge in [-0.1, -0.05) is 30.0 Å². The first-order valence-corrected chi connectivity index (χ1v) is 8.64. The summed E-state index contributed by atoms with van der Waals surface area (Å²) in [4.78, 5) is 11.8. The minimum absolute atomic E-state index is 0.0566. The molecule has 3 N–H and O–H groups in total. The topological polar surface area (TPSA) is 95.1 Å². The van der Waals surface area contributed by atoms with Crippen LogP contribution < -0.4 is 15.9 Å². The molecule has 0 aliphatic rings. The summed E-state index contributed by atoms with van der Waals surface area (Å²) in [6.07, 6.45) is 0. The Morgan fingerprint density at radius 3 is 2.67 bits per heavy atom. The van der Waals surface area contributed by atoms with E-state index in [1.165, 1.54) is 16.4 Å². The summed E-state index contributed by atoms with van der Waals surface area (Å²) >= 11 is 1.26. The van der Waals surface area contributed by atoms with E-state index in [0.717, 1.165) is 16.9 Å². The SMILES string of the molecule is CCNC(=O)[C@@H](C)Sc1nnc(COc2c(C)cccc2C)n1N. The van der Waals surface area contributed by atoms with Crippen LogP contribution in [0.2, 0.25) is 0 Å². The number of nitrogens with one attached hydrogen (secondary N) is 1. The quantitative estimate of drug-likeness (QED) is 0.585. The maximum absolute atomic E-state index is 11.8. The van der Waals surface area contributed by atoms with Gasteiger partial charge in [-0.15, -0.1) is 10.2 Å². The molecule has 0 spiro atoms. The Labute approximate surface area is 145 Å². The molecule has 24 heavy (non-hydrogen) atoms. The number of aromatic nitrogens is 3. The molecule has 2 aromatic rings. The van der Waals surface area contributed by atoms with Crippen LogP contribution in [0.3, 0.4) is 0 Å². The summed E-state index contributed by atoms with van der Waals surface area (Å²) in [6, 6.07) is 5.97. The molecule has 0 unspecified atom stereocenters. The minimum Gasteiger partial charge on any atom is -0.485 e. The lowest BCUT2D eigenvalue weighted by Gasteiger charge is -2.12. The standard InChI is InChI=1S/C16H23N5O2S/c1-5-18-15(22)12(4)24-16-20-19-13(21(16)17)9-23-14-10(2)7-6-8-11(14)3/h6-8,12H,5,9,17H2,1-4H3,(H,18,22)/t12-/m1/s1. The number of thioether (sulfide) groups is 1. The molecule has 0 radical (unpaired) electrons. The number of nitrogens with zero attached hydrogens (tertiary/aromatic N) is 3. The van der Waals surface area contributed by atoms with Gasteiger partial charge in [0, 0.05) is 6.54 Å². The second-order valence-corrected chi connectivity index (χ2v) is 6.74. The third kappa shape index (κ3) is 4.19. The van der Waals surface area contributed by atoms with Crippen LogP contribution in [0.15, 0.2) is 23.4 Å². The van der Waals surface area contributed by atoms with Crippen molar-refractivity contribution in [3.8, 4) is 5.75 Å². The largest absolute Gasteiger partial charge is 0.485 e. The number of nitrogens with two attached hydrogens (primary N) is 1. The number of para-hydroxylation sites is 1. The Bertz CT molecular complexity index is 696. The number of carbonyl (C=O) groups excluding carboxylic acids is 1. The third-order valence-corrected chi connectivity index (χ3v) is 4.55. The van der Waals surface area contributed by atoms with Crippen LogP contribution in [0, 0.1) is 13.8 Å². The Hall–Kier alpha value is -2.22. The van der Waals surface area contributed by atoms with Gasteiger partial charge in [0.1, 0.15) is 12.4 Å². The van der Waals surface area contributed by atoms with Gasteiger partial charge < -0.3 is 15.9 Å². The van der Waals surface area contributed by atoms with Crippen molar-refractivity contribution in [1.29, 1.82) is 0 Å². The van der Waals surface area contributed by atoms with E-state index in [9.17, 15) is 4.79 Å². The van der Waals surface area contributed by atoms with Crippen LogP contribution in [-0.2, 0) is 11.4 Å². The van der Waals surface area contributed by atoms with Crippen LogP contribution in [0.5, 0.6) is 5.75 Å². The maximum Gasteiger partial charge on any atom is 0.233 e. The van der Waals surface area contributed by atoms with Crippen LogP contribution in [0.25, 0.3) is 0 Å². The van der Waals surface area contributed by atoms with Crippen LogP contribution in [0.1, 0.15) is 30.8 Å². The molecule has 0 aliphatic heterocycles. The highest BCUT2D eigenvalue weighted by atomic mass is 32.2. The summed E-state index contributed by atoms with van der Waals surface area (Å²) in [7, 11) is 0. The fraction of sp³-hybridized carbons (Fsp3) is 0.438. The van der Waals surface area contributed by atoms with E-state index in [1.807, 2.05) is 39.0 Å². The third-order valence-electron chi connectivity index (χ3n) is 3.49. The number of hydrogen-bond donors (Lipinski definition) is 2. The van der Waals surface area contributed by atoms with Gasteiger partial charge in [-0.25, -0.2) is 4.68 Å².